The minimum absolute atomic E-state index is 0.110. The van der Waals surface area contributed by atoms with Crippen molar-refractivity contribution in [3.63, 3.8) is 0 Å². The molecular weight excluding hydrogens is 260 g/mol. The predicted molar refractivity (Wildman–Crippen MR) is 78.6 cm³/mol. The Kier molecular flexibility index (Phi) is 4.06. The van der Waals surface area contributed by atoms with Gasteiger partial charge in [0.15, 0.2) is 0 Å². The molecule has 0 spiro atoms. The van der Waals surface area contributed by atoms with Crippen LogP contribution in [-0.2, 0) is 4.74 Å². The van der Waals surface area contributed by atoms with Crippen molar-refractivity contribution in [2.45, 2.75) is 13.0 Å². The summed E-state index contributed by atoms with van der Waals surface area (Å²) < 4.78 is 4.77. The number of methoxy groups -OCH3 is 1. The molecule has 100 valence electrons. The molecule has 0 bridgehead atoms. The van der Waals surface area contributed by atoms with Crippen LogP contribution in [0.2, 0.25) is 0 Å². The largest absolute Gasteiger partial charge is 0.465 e. The van der Waals surface area contributed by atoms with Crippen LogP contribution in [-0.4, -0.2) is 13.1 Å². The SMILES string of the molecule is COC(=O)c1cc(N)ccc1NC(C)c1ccsc1. The summed E-state index contributed by atoms with van der Waals surface area (Å²) in [6, 6.07) is 7.34. The molecule has 1 aromatic carbocycles. The summed E-state index contributed by atoms with van der Waals surface area (Å²) in [7, 11) is 1.36. The lowest BCUT2D eigenvalue weighted by Crippen LogP contribution is -2.11. The molecule has 0 saturated heterocycles. The van der Waals surface area contributed by atoms with Gasteiger partial charge in [-0.3, -0.25) is 0 Å². The van der Waals surface area contributed by atoms with Gasteiger partial charge in [0.25, 0.3) is 0 Å². The summed E-state index contributed by atoms with van der Waals surface area (Å²) in [4.78, 5) is 11.7. The highest BCUT2D eigenvalue weighted by molar-refractivity contribution is 7.07. The normalized spacial score (nSPS) is 11.9. The Morgan fingerprint density at radius 3 is 2.84 bits per heavy atom. The number of nitrogens with one attached hydrogen (secondary N) is 1. The van der Waals surface area contributed by atoms with E-state index in [0.717, 1.165) is 5.69 Å². The molecule has 0 aliphatic rings. The molecular formula is C14H16N2O2S. The molecule has 0 aliphatic carbocycles. The lowest BCUT2D eigenvalue weighted by Gasteiger charge is -2.17. The average molecular weight is 276 g/mol. The number of benzene rings is 1. The Balaban J connectivity index is 2.27. The lowest BCUT2D eigenvalue weighted by atomic mass is 10.1. The van der Waals surface area contributed by atoms with Gasteiger partial charge < -0.3 is 15.8 Å². The van der Waals surface area contributed by atoms with E-state index in [4.69, 9.17) is 10.5 Å². The molecule has 0 fully saturated rings. The van der Waals surface area contributed by atoms with Crippen LogP contribution in [0.15, 0.2) is 35.0 Å². The highest BCUT2D eigenvalue weighted by Gasteiger charge is 2.14. The molecule has 1 aromatic heterocycles. The fraction of sp³-hybridized carbons (Fsp3) is 0.214. The third-order valence-corrected chi connectivity index (χ3v) is 3.57. The fourth-order valence-electron chi connectivity index (χ4n) is 1.80. The molecule has 2 aromatic rings. The molecule has 5 heteroatoms. The standard InChI is InChI=1S/C14H16N2O2S/c1-9(10-5-6-19-8-10)16-13-4-3-11(15)7-12(13)14(17)18-2/h3-9,16H,15H2,1-2H3. The Hall–Kier alpha value is -2.01. The molecule has 1 unspecified atom stereocenters. The van der Waals surface area contributed by atoms with Crippen molar-refractivity contribution in [2.24, 2.45) is 0 Å². The molecule has 0 saturated carbocycles. The lowest BCUT2D eigenvalue weighted by molar-refractivity contribution is 0.0602. The second-order valence-corrected chi connectivity index (χ2v) is 5.00. The van der Waals surface area contributed by atoms with Gasteiger partial charge in [0, 0.05) is 17.4 Å². The first-order valence-corrected chi connectivity index (χ1v) is 6.82. The van der Waals surface area contributed by atoms with Crippen LogP contribution in [0.5, 0.6) is 0 Å². The van der Waals surface area contributed by atoms with E-state index in [1.165, 1.54) is 12.7 Å². The third kappa shape index (κ3) is 3.06. The van der Waals surface area contributed by atoms with Gasteiger partial charge in [0.05, 0.1) is 12.7 Å². The fourth-order valence-corrected chi connectivity index (χ4v) is 2.56. The number of hydrogen-bond donors (Lipinski definition) is 2. The molecule has 0 amide bonds. The van der Waals surface area contributed by atoms with Gasteiger partial charge in [-0.05, 0) is 47.5 Å². The van der Waals surface area contributed by atoms with E-state index in [2.05, 4.69) is 16.8 Å². The molecule has 19 heavy (non-hydrogen) atoms. The predicted octanol–water partition coefficient (Wildman–Crippen LogP) is 3.29. The zero-order chi connectivity index (χ0) is 13.8. The van der Waals surface area contributed by atoms with Crippen molar-refractivity contribution < 1.29 is 9.53 Å². The first-order chi connectivity index (χ1) is 9.11. The number of nitrogens with two attached hydrogens (primary N) is 1. The topological polar surface area (TPSA) is 64.3 Å². The average Bonchev–Trinajstić information content (AvgIpc) is 2.94. The summed E-state index contributed by atoms with van der Waals surface area (Å²) in [5, 5.41) is 7.41. The molecule has 1 atom stereocenters. The highest BCUT2D eigenvalue weighted by Crippen LogP contribution is 2.25. The number of carbonyl (C=O) groups excluding carboxylic acids is 1. The maximum absolute atomic E-state index is 11.7. The zero-order valence-electron chi connectivity index (χ0n) is 10.8. The summed E-state index contributed by atoms with van der Waals surface area (Å²) >= 11 is 1.64. The second-order valence-electron chi connectivity index (χ2n) is 4.22. The minimum atomic E-state index is -0.396. The maximum atomic E-state index is 11.7. The highest BCUT2D eigenvalue weighted by atomic mass is 32.1. The van der Waals surface area contributed by atoms with Gasteiger partial charge in [0.1, 0.15) is 0 Å². The van der Waals surface area contributed by atoms with Gasteiger partial charge in [-0.15, -0.1) is 0 Å². The molecule has 0 radical (unpaired) electrons. The molecule has 3 N–H and O–H groups in total. The van der Waals surface area contributed by atoms with Crippen LogP contribution in [0.3, 0.4) is 0 Å². The Morgan fingerprint density at radius 2 is 2.21 bits per heavy atom. The molecule has 0 aliphatic heterocycles. The number of anilines is 2. The van der Waals surface area contributed by atoms with Crippen LogP contribution in [0.4, 0.5) is 11.4 Å². The van der Waals surface area contributed by atoms with E-state index >= 15 is 0 Å². The summed E-state index contributed by atoms with van der Waals surface area (Å²) in [6.07, 6.45) is 0. The summed E-state index contributed by atoms with van der Waals surface area (Å²) in [5.41, 5.74) is 8.60. The second kappa shape index (κ2) is 5.75. The van der Waals surface area contributed by atoms with Crippen molar-refractivity contribution in [3.05, 3.63) is 46.2 Å². The first kappa shape index (κ1) is 13.4. The van der Waals surface area contributed by atoms with E-state index in [9.17, 15) is 4.79 Å². The van der Waals surface area contributed by atoms with E-state index in [1.807, 2.05) is 12.3 Å². The van der Waals surface area contributed by atoms with Crippen LogP contribution in [0, 0.1) is 0 Å². The number of ether oxygens (including phenoxy) is 1. The molecule has 1 heterocycles. The summed E-state index contributed by atoms with van der Waals surface area (Å²) in [6.45, 7) is 2.04. The van der Waals surface area contributed by atoms with E-state index in [0.29, 0.717) is 11.3 Å². The maximum Gasteiger partial charge on any atom is 0.340 e. The van der Waals surface area contributed by atoms with Crippen molar-refractivity contribution >= 4 is 28.7 Å². The first-order valence-electron chi connectivity index (χ1n) is 5.88. The smallest absolute Gasteiger partial charge is 0.340 e. The Labute approximate surface area is 116 Å². The van der Waals surface area contributed by atoms with Crippen molar-refractivity contribution in [1.82, 2.24) is 0 Å². The summed E-state index contributed by atoms with van der Waals surface area (Å²) in [5.74, 6) is -0.396. The van der Waals surface area contributed by atoms with Gasteiger partial charge in [-0.25, -0.2) is 4.79 Å². The zero-order valence-corrected chi connectivity index (χ0v) is 11.7. The Morgan fingerprint density at radius 1 is 1.42 bits per heavy atom. The van der Waals surface area contributed by atoms with Crippen LogP contribution >= 0.6 is 11.3 Å². The Bertz CT molecular complexity index is 567. The number of nitrogen functional groups attached to an aromatic ring is 1. The molecule has 4 nitrogen and oxygen atoms in total. The minimum Gasteiger partial charge on any atom is -0.465 e. The number of esters is 1. The number of rotatable bonds is 4. The van der Waals surface area contributed by atoms with Crippen molar-refractivity contribution in [2.75, 3.05) is 18.2 Å². The van der Waals surface area contributed by atoms with Crippen molar-refractivity contribution in [3.8, 4) is 0 Å². The van der Waals surface area contributed by atoms with Gasteiger partial charge >= 0.3 is 5.97 Å². The van der Waals surface area contributed by atoms with Gasteiger partial charge in [0.2, 0.25) is 0 Å². The number of thiophene rings is 1. The van der Waals surface area contributed by atoms with Crippen LogP contribution in [0.25, 0.3) is 0 Å². The number of hydrogen-bond acceptors (Lipinski definition) is 5. The number of carbonyl (C=O) groups is 1. The third-order valence-electron chi connectivity index (χ3n) is 2.86. The van der Waals surface area contributed by atoms with E-state index < -0.39 is 5.97 Å². The quantitative estimate of drug-likeness (QED) is 0.664. The van der Waals surface area contributed by atoms with Crippen LogP contribution < -0.4 is 11.1 Å². The van der Waals surface area contributed by atoms with Gasteiger partial charge in [-0.1, -0.05) is 0 Å². The molecule has 2 rings (SSSR count). The van der Waals surface area contributed by atoms with E-state index in [1.54, 1.807) is 29.5 Å². The van der Waals surface area contributed by atoms with Gasteiger partial charge in [-0.2, -0.15) is 11.3 Å². The monoisotopic (exact) mass is 276 g/mol. The van der Waals surface area contributed by atoms with Crippen LogP contribution in [0.1, 0.15) is 28.9 Å². The van der Waals surface area contributed by atoms with Crippen molar-refractivity contribution in [1.29, 1.82) is 0 Å². The van der Waals surface area contributed by atoms with E-state index in [-0.39, 0.29) is 6.04 Å².